The summed E-state index contributed by atoms with van der Waals surface area (Å²) in [4.78, 5) is 28.7. The van der Waals surface area contributed by atoms with Gasteiger partial charge in [-0.25, -0.2) is 0 Å². The van der Waals surface area contributed by atoms with Crippen molar-refractivity contribution in [1.82, 2.24) is 25.4 Å². The van der Waals surface area contributed by atoms with Crippen LogP contribution in [0.25, 0.3) is 0 Å². The molecular weight excluding hydrogens is 342 g/mol. The second kappa shape index (κ2) is 8.79. The van der Waals surface area contributed by atoms with E-state index in [0.29, 0.717) is 30.9 Å². The third-order valence-electron chi connectivity index (χ3n) is 4.77. The number of pyridine rings is 1. The molecule has 7 heteroatoms. The lowest BCUT2D eigenvalue weighted by atomic mass is 9.94. The van der Waals surface area contributed by atoms with Crippen LogP contribution in [-0.2, 0) is 24.2 Å². The molecule has 3 rings (SSSR count). The van der Waals surface area contributed by atoms with Crippen LogP contribution in [0.4, 0.5) is 0 Å². The lowest BCUT2D eigenvalue weighted by Crippen LogP contribution is -2.35. The van der Waals surface area contributed by atoms with Gasteiger partial charge in [-0.1, -0.05) is 6.07 Å². The predicted octanol–water partition coefficient (Wildman–Crippen LogP) is 1.73. The number of rotatable bonds is 7. The first-order chi connectivity index (χ1) is 13.0. The molecule has 1 atom stereocenters. The monoisotopic (exact) mass is 369 g/mol. The standard InChI is InChI=1S/C20H27N5O2/c1-14(2)24-20(27)17-13-23-25-10-8-15(11-18(17)25)12-22-19(26)7-6-16-5-3-4-9-21-16/h3-5,9,13-15H,6-8,10-12H2,1-2H3,(H,22,26)(H,24,27). The zero-order valence-electron chi connectivity index (χ0n) is 15.9. The molecule has 0 spiro atoms. The molecule has 0 radical (unpaired) electrons. The topological polar surface area (TPSA) is 88.9 Å². The smallest absolute Gasteiger partial charge is 0.254 e. The number of carbonyl (C=O) groups is 2. The fourth-order valence-corrected chi connectivity index (χ4v) is 3.34. The van der Waals surface area contributed by atoms with Gasteiger partial charge in [-0.05, 0) is 51.2 Å². The number of hydrogen-bond donors (Lipinski definition) is 2. The number of aromatic nitrogens is 3. The van der Waals surface area contributed by atoms with E-state index in [1.807, 2.05) is 36.7 Å². The fourth-order valence-electron chi connectivity index (χ4n) is 3.34. The first-order valence-electron chi connectivity index (χ1n) is 9.55. The van der Waals surface area contributed by atoms with Crippen molar-refractivity contribution in [3.8, 4) is 0 Å². The number of fused-ring (bicyclic) bond motifs is 1. The number of amides is 2. The highest BCUT2D eigenvalue weighted by molar-refractivity contribution is 5.95. The van der Waals surface area contributed by atoms with Crippen LogP contribution in [0.5, 0.6) is 0 Å². The van der Waals surface area contributed by atoms with Crippen molar-refractivity contribution in [2.45, 2.75) is 52.1 Å². The first kappa shape index (κ1) is 19.1. The molecule has 0 fully saturated rings. The van der Waals surface area contributed by atoms with Gasteiger partial charge in [0.25, 0.3) is 5.91 Å². The van der Waals surface area contributed by atoms with Gasteiger partial charge in [-0.2, -0.15) is 5.10 Å². The summed E-state index contributed by atoms with van der Waals surface area (Å²) in [6.07, 6.45) is 6.17. The number of hydrogen-bond acceptors (Lipinski definition) is 4. The number of aryl methyl sites for hydroxylation is 2. The van der Waals surface area contributed by atoms with Crippen molar-refractivity contribution in [2.75, 3.05) is 6.54 Å². The van der Waals surface area contributed by atoms with Crippen LogP contribution in [0.1, 0.15) is 48.4 Å². The van der Waals surface area contributed by atoms with E-state index >= 15 is 0 Å². The van der Waals surface area contributed by atoms with Gasteiger partial charge in [0.1, 0.15) is 0 Å². The minimum Gasteiger partial charge on any atom is -0.356 e. The molecule has 2 aromatic rings. The molecule has 2 N–H and O–H groups in total. The second-order valence-electron chi connectivity index (χ2n) is 7.34. The van der Waals surface area contributed by atoms with Crippen molar-refractivity contribution < 1.29 is 9.59 Å². The summed E-state index contributed by atoms with van der Waals surface area (Å²) in [5.41, 5.74) is 2.54. The molecule has 0 aromatic carbocycles. The molecule has 2 amide bonds. The maximum absolute atomic E-state index is 12.3. The summed E-state index contributed by atoms with van der Waals surface area (Å²) in [5.74, 6) is 0.280. The Morgan fingerprint density at radius 1 is 1.33 bits per heavy atom. The molecule has 0 aliphatic carbocycles. The molecule has 27 heavy (non-hydrogen) atoms. The minimum atomic E-state index is -0.0775. The van der Waals surface area contributed by atoms with Crippen molar-refractivity contribution in [3.05, 3.63) is 47.5 Å². The molecular formula is C20H27N5O2. The van der Waals surface area contributed by atoms with Crippen molar-refractivity contribution in [1.29, 1.82) is 0 Å². The maximum atomic E-state index is 12.3. The Kier molecular flexibility index (Phi) is 6.21. The molecule has 0 saturated heterocycles. The maximum Gasteiger partial charge on any atom is 0.254 e. The van der Waals surface area contributed by atoms with Gasteiger partial charge in [-0.3, -0.25) is 19.3 Å². The molecule has 1 aliphatic heterocycles. The van der Waals surface area contributed by atoms with Crippen molar-refractivity contribution >= 4 is 11.8 Å². The SMILES string of the molecule is CC(C)NC(=O)c1cnn2c1CC(CNC(=O)CCc1ccccn1)CC2. The van der Waals surface area contributed by atoms with Gasteiger partial charge in [0, 0.05) is 37.4 Å². The Bertz CT molecular complexity index is 785. The van der Waals surface area contributed by atoms with Crippen LogP contribution in [0.15, 0.2) is 30.6 Å². The molecule has 2 aromatic heterocycles. The highest BCUT2D eigenvalue weighted by Crippen LogP contribution is 2.22. The number of nitrogens with one attached hydrogen (secondary N) is 2. The van der Waals surface area contributed by atoms with Crippen LogP contribution >= 0.6 is 0 Å². The number of nitrogens with zero attached hydrogens (tertiary/aromatic N) is 3. The Balaban J connectivity index is 1.50. The van der Waals surface area contributed by atoms with E-state index < -0.39 is 0 Å². The third-order valence-corrected chi connectivity index (χ3v) is 4.77. The van der Waals surface area contributed by atoms with E-state index in [0.717, 1.165) is 30.8 Å². The first-order valence-corrected chi connectivity index (χ1v) is 9.55. The Hall–Kier alpha value is -2.70. The van der Waals surface area contributed by atoms with E-state index in [4.69, 9.17) is 0 Å². The average molecular weight is 369 g/mol. The summed E-state index contributed by atoms with van der Waals surface area (Å²) < 4.78 is 1.91. The van der Waals surface area contributed by atoms with Gasteiger partial charge < -0.3 is 10.6 Å². The zero-order valence-corrected chi connectivity index (χ0v) is 15.9. The second-order valence-corrected chi connectivity index (χ2v) is 7.34. The lowest BCUT2D eigenvalue weighted by Gasteiger charge is -2.24. The van der Waals surface area contributed by atoms with Gasteiger partial charge in [0.05, 0.1) is 17.5 Å². The Labute approximate surface area is 159 Å². The van der Waals surface area contributed by atoms with Gasteiger partial charge in [-0.15, -0.1) is 0 Å². The summed E-state index contributed by atoms with van der Waals surface area (Å²) in [7, 11) is 0. The predicted molar refractivity (Wildman–Crippen MR) is 102 cm³/mol. The largest absolute Gasteiger partial charge is 0.356 e. The van der Waals surface area contributed by atoms with E-state index in [-0.39, 0.29) is 17.9 Å². The summed E-state index contributed by atoms with van der Waals surface area (Å²) >= 11 is 0. The van der Waals surface area contributed by atoms with Crippen LogP contribution in [0.3, 0.4) is 0 Å². The third kappa shape index (κ3) is 5.15. The highest BCUT2D eigenvalue weighted by Gasteiger charge is 2.25. The molecule has 3 heterocycles. The summed E-state index contributed by atoms with van der Waals surface area (Å²) in [6.45, 7) is 5.28. The van der Waals surface area contributed by atoms with Crippen LogP contribution < -0.4 is 10.6 Å². The quantitative estimate of drug-likeness (QED) is 0.778. The molecule has 0 saturated carbocycles. The normalized spacial score (nSPS) is 16.0. The van der Waals surface area contributed by atoms with Gasteiger partial charge in [0.15, 0.2) is 0 Å². The van der Waals surface area contributed by atoms with Crippen LogP contribution in [-0.4, -0.2) is 39.2 Å². The van der Waals surface area contributed by atoms with Crippen LogP contribution in [0.2, 0.25) is 0 Å². The Morgan fingerprint density at radius 2 is 2.19 bits per heavy atom. The van der Waals surface area contributed by atoms with E-state index in [9.17, 15) is 9.59 Å². The summed E-state index contributed by atoms with van der Waals surface area (Å²) in [6, 6.07) is 5.82. The zero-order chi connectivity index (χ0) is 19.2. The minimum absolute atomic E-state index is 0.0394. The van der Waals surface area contributed by atoms with E-state index in [1.165, 1.54) is 0 Å². The van der Waals surface area contributed by atoms with Crippen LogP contribution in [0, 0.1) is 5.92 Å². The fraction of sp³-hybridized carbons (Fsp3) is 0.500. The lowest BCUT2D eigenvalue weighted by molar-refractivity contribution is -0.121. The molecule has 144 valence electrons. The summed E-state index contributed by atoms with van der Waals surface area (Å²) in [5, 5.41) is 10.3. The molecule has 1 unspecified atom stereocenters. The molecule has 0 bridgehead atoms. The Morgan fingerprint density at radius 3 is 2.93 bits per heavy atom. The molecule has 7 nitrogen and oxygen atoms in total. The average Bonchev–Trinajstić information content (AvgIpc) is 3.08. The van der Waals surface area contributed by atoms with Gasteiger partial charge in [0.2, 0.25) is 5.91 Å². The van der Waals surface area contributed by atoms with Crippen molar-refractivity contribution in [3.63, 3.8) is 0 Å². The highest BCUT2D eigenvalue weighted by atomic mass is 16.2. The van der Waals surface area contributed by atoms with E-state index in [1.54, 1.807) is 12.4 Å². The number of carbonyl (C=O) groups excluding carboxylic acids is 2. The molecule has 1 aliphatic rings. The van der Waals surface area contributed by atoms with Gasteiger partial charge >= 0.3 is 0 Å². The van der Waals surface area contributed by atoms with E-state index in [2.05, 4.69) is 20.7 Å². The van der Waals surface area contributed by atoms with Crippen molar-refractivity contribution in [2.24, 2.45) is 5.92 Å².